The van der Waals surface area contributed by atoms with Crippen LogP contribution in [0.25, 0.3) is 0 Å². The van der Waals surface area contributed by atoms with Gasteiger partial charge in [0.25, 0.3) is 0 Å². The maximum atomic E-state index is 4.47. The van der Waals surface area contributed by atoms with Crippen LogP contribution in [0.5, 0.6) is 0 Å². The largest absolute Gasteiger partial charge is 0.261 e. The molecule has 1 unspecified atom stereocenters. The van der Waals surface area contributed by atoms with Crippen LogP contribution in [-0.4, -0.2) is 16.2 Å². The molecule has 1 aliphatic carbocycles. The summed E-state index contributed by atoms with van der Waals surface area (Å²) in [4.78, 5) is 13.2. The lowest BCUT2D eigenvalue weighted by Crippen LogP contribution is -2.26. The number of nitrogens with zero attached hydrogens (tertiary/aromatic N) is 3. The Morgan fingerprint density at radius 3 is 2.82 bits per heavy atom. The summed E-state index contributed by atoms with van der Waals surface area (Å²) in [5.41, 5.74) is 3.81. The first kappa shape index (κ1) is 9.05. The van der Waals surface area contributed by atoms with Gasteiger partial charge in [0.1, 0.15) is 0 Å². The van der Waals surface area contributed by atoms with E-state index in [1.165, 1.54) is 16.8 Å². The minimum absolute atomic E-state index is 0.0142. The topological polar surface area (TPSA) is 38.1 Å². The lowest BCUT2D eigenvalue weighted by Gasteiger charge is -2.19. The Balaban J connectivity index is 1.87. The third kappa shape index (κ3) is 1.14. The highest BCUT2D eigenvalue weighted by Crippen LogP contribution is 2.44. The minimum Gasteiger partial charge on any atom is -0.261 e. The van der Waals surface area contributed by atoms with Crippen molar-refractivity contribution in [2.24, 2.45) is 4.99 Å². The average molecular weight is 221 g/mol. The summed E-state index contributed by atoms with van der Waals surface area (Å²) in [5.74, 6) is 0.875. The van der Waals surface area contributed by atoms with Crippen molar-refractivity contribution in [1.82, 2.24) is 9.97 Å². The molecule has 1 aliphatic heterocycles. The van der Waals surface area contributed by atoms with Crippen LogP contribution >= 0.6 is 0 Å². The Morgan fingerprint density at radius 2 is 1.88 bits per heavy atom. The summed E-state index contributed by atoms with van der Waals surface area (Å²) in [5, 5.41) is 0. The van der Waals surface area contributed by atoms with Crippen molar-refractivity contribution in [3.63, 3.8) is 0 Å². The molecule has 2 aromatic heterocycles. The fraction of sp³-hybridized carbons (Fsp3) is 0.214. The Kier molecular flexibility index (Phi) is 1.60. The average Bonchev–Trinajstić information content (AvgIpc) is 2.92. The molecule has 4 rings (SSSR count). The van der Waals surface area contributed by atoms with E-state index in [-0.39, 0.29) is 5.41 Å². The summed E-state index contributed by atoms with van der Waals surface area (Å²) < 4.78 is 0. The van der Waals surface area contributed by atoms with Crippen LogP contribution in [0.3, 0.4) is 0 Å². The van der Waals surface area contributed by atoms with Gasteiger partial charge in [0.15, 0.2) is 5.82 Å². The smallest absolute Gasteiger partial charge is 0.155 e. The molecule has 0 radical (unpaired) electrons. The molecule has 0 bridgehead atoms. The monoisotopic (exact) mass is 221 g/mol. The molecule has 0 N–H and O–H groups in total. The molecule has 1 atom stereocenters. The van der Waals surface area contributed by atoms with Crippen LogP contribution in [0, 0.1) is 0 Å². The molecule has 0 amide bonds. The quantitative estimate of drug-likeness (QED) is 0.684. The van der Waals surface area contributed by atoms with Crippen LogP contribution in [0.2, 0.25) is 0 Å². The second kappa shape index (κ2) is 3.00. The zero-order valence-corrected chi connectivity index (χ0v) is 9.30. The fourth-order valence-electron chi connectivity index (χ4n) is 2.92. The van der Waals surface area contributed by atoms with E-state index in [1.54, 1.807) is 6.20 Å². The summed E-state index contributed by atoms with van der Waals surface area (Å²) in [7, 11) is 0. The van der Waals surface area contributed by atoms with E-state index in [2.05, 4.69) is 33.3 Å². The summed E-state index contributed by atoms with van der Waals surface area (Å²) in [6.45, 7) is 0. The van der Waals surface area contributed by atoms with Gasteiger partial charge in [-0.25, -0.2) is 9.98 Å². The van der Waals surface area contributed by atoms with E-state index in [0.29, 0.717) is 0 Å². The molecule has 0 aromatic carbocycles. The molecule has 17 heavy (non-hydrogen) atoms. The molecule has 82 valence electrons. The van der Waals surface area contributed by atoms with Crippen molar-refractivity contribution in [2.45, 2.75) is 18.3 Å². The molecule has 2 aromatic rings. The Hall–Kier alpha value is -2.03. The first-order valence-corrected chi connectivity index (χ1v) is 5.81. The fourth-order valence-corrected chi connectivity index (χ4v) is 2.92. The molecule has 3 heteroatoms. The SMILES string of the molecule is C1=Nc2ncccc2C12Cc1cccnc1C2. The maximum Gasteiger partial charge on any atom is 0.155 e. The van der Waals surface area contributed by atoms with Gasteiger partial charge in [-0.1, -0.05) is 12.1 Å². The van der Waals surface area contributed by atoms with E-state index < -0.39 is 0 Å². The Bertz CT molecular complexity index is 606. The Morgan fingerprint density at radius 1 is 1.00 bits per heavy atom. The molecule has 3 nitrogen and oxygen atoms in total. The normalized spacial score (nSPS) is 24.0. The van der Waals surface area contributed by atoms with Crippen LogP contribution in [-0.2, 0) is 18.3 Å². The van der Waals surface area contributed by atoms with E-state index in [4.69, 9.17) is 0 Å². The number of fused-ring (bicyclic) bond motifs is 3. The van der Waals surface area contributed by atoms with Crippen molar-refractivity contribution in [3.8, 4) is 0 Å². The van der Waals surface area contributed by atoms with Crippen LogP contribution in [0.1, 0.15) is 16.8 Å². The second-order valence-electron chi connectivity index (χ2n) is 4.75. The van der Waals surface area contributed by atoms with E-state index in [0.717, 1.165) is 18.7 Å². The van der Waals surface area contributed by atoms with E-state index in [9.17, 15) is 0 Å². The molecule has 0 saturated carbocycles. The predicted molar refractivity (Wildman–Crippen MR) is 65.7 cm³/mol. The van der Waals surface area contributed by atoms with Gasteiger partial charge in [0.2, 0.25) is 0 Å². The molecular weight excluding hydrogens is 210 g/mol. The maximum absolute atomic E-state index is 4.47. The van der Waals surface area contributed by atoms with Gasteiger partial charge in [-0.3, -0.25) is 4.98 Å². The van der Waals surface area contributed by atoms with Crippen molar-refractivity contribution >= 4 is 12.0 Å². The van der Waals surface area contributed by atoms with Gasteiger partial charge >= 0.3 is 0 Å². The molecular formula is C14H11N3. The van der Waals surface area contributed by atoms with Crippen molar-refractivity contribution in [2.75, 3.05) is 0 Å². The van der Waals surface area contributed by atoms with Crippen molar-refractivity contribution in [3.05, 3.63) is 53.5 Å². The second-order valence-corrected chi connectivity index (χ2v) is 4.75. The highest BCUT2D eigenvalue weighted by Gasteiger charge is 2.42. The molecule has 3 heterocycles. The summed E-state index contributed by atoms with van der Waals surface area (Å²) >= 11 is 0. The van der Waals surface area contributed by atoms with Crippen LogP contribution in [0.4, 0.5) is 5.82 Å². The predicted octanol–water partition coefficient (Wildman–Crippen LogP) is 2.23. The van der Waals surface area contributed by atoms with Gasteiger partial charge in [0, 0.05) is 41.7 Å². The van der Waals surface area contributed by atoms with Gasteiger partial charge < -0.3 is 0 Å². The summed E-state index contributed by atoms with van der Waals surface area (Å²) in [6.07, 6.45) is 7.68. The summed E-state index contributed by atoms with van der Waals surface area (Å²) in [6, 6.07) is 8.31. The number of rotatable bonds is 0. The van der Waals surface area contributed by atoms with Crippen molar-refractivity contribution in [1.29, 1.82) is 0 Å². The lowest BCUT2D eigenvalue weighted by molar-refractivity contribution is 0.635. The zero-order chi connectivity index (χ0) is 11.3. The highest BCUT2D eigenvalue weighted by atomic mass is 14.9. The third-order valence-electron chi connectivity index (χ3n) is 3.73. The zero-order valence-electron chi connectivity index (χ0n) is 9.30. The van der Waals surface area contributed by atoms with Gasteiger partial charge in [0.05, 0.1) is 0 Å². The Labute approximate surface area is 99.3 Å². The molecule has 2 aliphatic rings. The first-order chi connectivity index (χ1) is 8.37. The standard InChI is InChI=1S/C14H11N3/c1-3-10-7-14(8-12(10)15-5-1)9-17-13-11(14)4-2-6-16-13/h1-6,9H,7-8H2. The number of hydrogen-bond acceptors (Lipinski definition) is 3. The lowest BCUT2D eigenvalue weighted by atomic mass is 9.81. The minimum atomic E-state index is 0.0142. The number of aromatic nitrogens is 2. The van der Waals surface area contributed by atoms with Crippen LogP contribution in [0.15, 0.2) is 41.7 Å². The van der Waals surface area contributed by atoms with Crippen molar-refractivity contribution < 1.29 is 0 Å². The van der Waals surface area contributed by atoms with Crippen LogP contribution < -0.4 is 0 Å². The number of aliphatic imine (C=N–C) groups is 1. The number of pyridine rings is 2. The third-order valence-corrected chi connectivity index (χ3v) is 3.73. The highest BCUT2D eigenvalue weighted by molar-refractivity contribution is 5.85. The van der Waals surface area contributed by atoms with Gasteiger partial charge in [-0.05, 0) is 24.1 Å². The first-order valence-electron chi connectivity index (χ1n) is 5.81. The number of hydrogen-bond donors (Lipinski definition) is 0. The molecule has 0 fully saturated rings. The van der Waals surface area contributed by atoms with Gasteiger partial charge in [-0.2, -0.15) is 0 Å². The molecule has 0 saturated heterocycles. The van der Waals surface area contributed by atoms with Gasteiger partial charge in [-0.15, -0.1) is 0 Å². The van der Waals surface area contributed by atoms with E-state index in [1.807, 2.05) is 18.3 Å². The molecule has 1 spiro atoms. The van der Waals surface area contributed by atoms with E-state index >= 15 is 0 Å².